The van der Waals surface area contributed by atoms with Gasteiger partial charge in [0.15, 0.2) is 11.5 Å². The van der Waals surface area contributed by atoms with Gasteiger partial charge in [-0.3, -0.25) is 9.59 Å². The van der Waals surface area contributed by atoms with Crippen LogP contribution in [0.4, 0.5) is 23.3 Å². The van der Waals surface area contributed by atoms with Crippen molar-refractivity contribution >= 4 is 50.9 Å². The molecule has 4 heterocycles. The Morgan fingerprint density at radius 1 is 1.17 bits per heavy atom. The Hall–Kier alpha value is -3.96. The van der Waals surface area contributed by atoms with Crippen molar-refractivity contribution in [3.63, 3.8) is 0 Å². The number of hydrogen-bond donors (Lipinski definition) is 2. The maximum Gasteiger partial charge on any atom is 0.241 e. The Morgan fingerprint density at radius 2 is 1.94 bits per heavy atom. The number of benzene rings is 1. The minimum Gasteiger partial charge on any atom is -0.439 e. The maximum atomic E-state index is 12.7. The number of nitrogens with zero attached hydrogens (tertiary/aromatic N) is 4. The van der Waals surface area contributed by atoms with Gasteiger partial charge in [0.25, 0.3) is 0 Å². The summed E-state index contributed by atoms with van der Waals surface area (Å²) in [7, 11) is 3.41. The van der Waals surface area contributed by atoms with Crippen LogP contribution in [0.15, 0.2) is 57.2 Å². The summed E-state index contributed by atoms with van der Waals surface area (Å²) in [4.78, 5) is 36.7. The van der Waals surface area contributed by atoms with Gasteiger partial charge in [-0.25, -0.2) is 4.98 Å². The second-order valence-corrected chi connectivity index (χ2v) is 9.35. The Bertz CT molecular complexity index is 1430. The zero-order valence-corrected chi connectivity index (χ0v) is 20.8. The summed E-state index contributed by atoms with van der Waals surface area (Å²) in [5.74, 6) is 1.49. The van der Waals surface area contributed by atoms with Crippen molar-refractivity contribution in [2.45, 2.75) is 0 Å². The van der Waals surface area contributed by atoms with Gasteiger partial charge in [-0.1, -0.05) is 12.1 Å². The molecule has 0 radical (unpaired) electrons. The normalized spacial score (nSPS) is 13.6. The predicted octanol–water partition coefficient (Wildman–Crippen LogP) is 3.39. The lowest BCUT2D eigenvalue weighted by atomic mass is 10.1. The Morgan fingerprint density at radius 3 is 2.69 bits per heavy atom. The van der Waals surface area contributed by atoms with Gasteiger partial charge in [0.1, 0.15) is 10.5 Å². The molecule has 1 aliphatic heterocycles. The quantitative estimate of drug-likeness (QED) is 0.389. The average Bonchev–Trinajstić information content (AvgIpc) is 3.33. The fourth-order valence-electron chi connectivity index (χ4n) is 3.77. The van der Waals surface area contributed by atoms with Gasteiger partial charge >= 0.3 is 0 Å². The van der Waals surface area contributed by atoms with Crippen LogP contribution >= 0.6 is 11.3 Å². The fourth-order valence-corrected chi connectivity index (χ4v) is 4.69. The molecule has 0 aliphatic carbocycles. The standard InChI is InChI=1S/C25H26N6O4S/c1-30(2)21(33)14-27-20-7-8-26-25(29-20)28-17-5-3-16(4-6-17)18-15-36-24-19(32)13-22(35-23(18)24)31-9-11-34-12-10-31/h3-8,13,15H,9-12,14H2,1-2H3,(H2,26,27,28,29). The van der Waals surface area contributed by atoms with E-state index in [2.05, 4.69) is 20.6 Å². The monoisotopic (exact) mass is 506 g/mol. The zero-order valence-electron chi connectivity index (χ0n) is 20.0. The van der Waals surface area contributed by atoms with E-state index in [-0.39, 0.29) is 17.9 Å². The molecule has 36 heavy (non-hydrogen) atoms. The van der Waals surface area contributed by atoms with Crippen LogP contribution in [0, 0.1) is 0 Å². The molecule has 1 amide bonds. The van der Waals surface area contributed by atoms with Gasteiger partial charge in [-0.05, 0) is 23.8 Å². The van der Waals surface area contributed by atoms with Gasteiger partial charge in [0.05, 0.1) is 19.8 Å². The smallest absolute Gasteiger partial charge is 0.241 e. The number of rotatable bonds is 7. The lowest BCUT2D eigenvalue weighted by molar-refractivity contribution is -0.126. The molecule has 3 aromatic heterocycles. The summed E-state index contributed by atoms with van der Waals surface area (Å²) in [5, 5.41) is 8.13. The highest BCUT2D eigenvalue weighted by Crippen LogP contribution is 2.35. The van der Waals surface area contributed by atoms with Gasteiger partial charge in [0.2, 0.25) is 17.3 Å². The molecule has 0 atom stereocenters. The summed E-state index contributed by atoms with van der Waals surface area (Å²) >= 11 is 1.39. The number of thiophene rings is 1. The Labute approximate surface area is 211 Å². The van der Waals surface area contributed by atoms with Crippen LogP contribution in [0.5, 0.6) is 0 Å². The number of fused-ring (bicyclic) bond motifs is 1. The van der Waals surface area contributed by atoms with E-state index in [0.717, 1.165) is 16.8 Å². The molecule has 10 nitrogen and oxygen atoms in total. The van der Waals surface area contributed by atoms with Crippen molar-refractivity contribution in [1.82, 2.24) is 14.9 Å². The van der Waals surface area contributed by atoms with Crippen molar-refractivity contribution < 1.29 is 13.9 Å². The molecule has 2 N–H and O–H groups in total. The number of anilines is 4. The molecule has 186 valence electrons. The number of carbonyl (C=O) groups is 1. The van der Waals surface area contributed by atoms with Gasteiger partial charge < -0.3 is 29.6 Å². The zero-order chi connectivity index (χ0) is 25.1. The Kier molecular flexibility index (Phi) is 6.83. The predicted molar refractivity (Wildman–Crippen MR) is 141 cm³/mol. The van der Waals surface area contributed by atoms with Gasteiger partial charge in [0, 0.05) is 56.1 Å². The molecule has 1 fully saturated rings. The molecular formula is C25H26N6O4S. The van der Waals surface area contributed by atoms with Crippen LogP contribution in [-0.2, 0) is 9.53 Å². The molecule has 11 heteroatoms. The van der Waals surface area contributed by atoms with Crippen molar-refractivity contribution in [1.29, 1.82) is 0 Å². The van der Waals surface area contributed by atoms with Crippen LogP contribution in [0.2, 0.25) is 0 Å². The minimum absolute atomic E-state index is 0.0369. The van der Waals surface area contributed by atoms with Gasteiger partial charge in [-0.2, -0.15) is 4.98 Å². The van der Waals surface area contributed by atoms with Crippen LogP contribution in [-0.4, -0.2) is 67.7 Å². The van der Waals surface area contributed by atoms with Crippen molar-refractivity contribution in [2.24, 2.45) is 0 Å². The van der Waals surface area contributed by atoms with Crippen molar-refractivity contribution in [3.8, 4) is 11.1 Å². The topological polar surface area (TPSA) is 113 Å². The molecule has 1 aliphatic rings. The number of hydrogen-bond acceptors (Lipinski definition) is 10. The molecule has 0 bridgehead atoms. The van der Waals surface area contributed by atoms with Crippen molar-refractivity contribution in [3.05, 3.63) is 58.2 Å². The second kappa shape index (κ2) is 10.3. The largest absolute Gasteiger partial charge is 0.439 e. The number of ether oxygens (including phenoxy) is 1. The molecule has 5 rings (SSSR count). The third-order valence-electron chi connectivity index (χ3n) is 5.78. The SMILES string of the molecule is CN(C)C(=O)CNc1ccnc(Nc2ccc(-c3csc4c(=O)cc(N5CCOCC5)oc34)cc2)n1. The third kappa shape index (κ3) is 5.16. The first kappa shape index (κ1) is 23.8. The van der Waals surface area contributed by atoms with E-state index < -0.39 is 0 Å². The van der Waals surface area contributed by atoms with Gasteiger partial charge in [-0.15, -0.1) is 11.3 Å². The molecule has 0 saturated carbocycles. The van der Waals surface area contributed by atoms with Crippen LogP contribution in [0.3, 0.4) is 0 Å². The first-order valence-electron chi connectivity index (χ1n) is 11.5. The highest BCUT2D eigenvalue weighted by Gasteiger charge is 2.18. The molecule has 0 spiro atoms. The van der Waals surface area contributed by atoms with E-state index in [4.69, 9.17) is 9.15 Å². The molecule has 0 unspecified atom stereocenters. The first-order valence-corrected chi connectivity index (χ1v) is 12.4. The summed E-state index contributed by atoms with van der Waals surface area (Å²) in [5.41, 5.74) is 3.18. The van der Waals surface area contributed by atoms with E-state index in [1.54, 1.807) is 32.4 Å². The fraction of sp³-hybridized carbons (Fsp3) is 0.280. The number of nitrogens with one attached hydrogen (secondary N) is 2. The lowest BCUT2D eigenvalue weighted by Gasteiger charge is -2.27. The van der Waals surface area contributed by atoms with E-state index in [1.165, 1.54) is 16.2 Å². The van der Waals surface area contributed by atoms with E-state index >= 15 is 0 Å². The minimum atomic E-state index is -0.0486. The number of aromatic nitrogens is 2. The van der Waals surface area contributed by atoms with E-state index in [1.807, 2.05) is 34.5 Å². The highest BCUT2D eigenvalue weighted by molar-refractivity contribution is 7.17. The summed E-state index contributed by atoms with van der Waals surface area (Å²) in [6.45, 7) is 2.77. The Balaban J connectivity index is 1.33. The molecule has 1 saturated heterocycles. The summed E-state index contributed by atoms with van der Waals surface area (Å²) in [6, 6.07) is 11.0. The molecule has 1 aromatic carbocycles. The molecule has 4 aromatic rings. The highest BCUT2D eigenvalue weighted by atomic mass is 32.1. The maximum absolute atomic E-state index is 12.7. The first-order chi connectivity index (χ1) is 17.5. The molecular weight excluding hydrogens is 480 g/mol. The number of amides is 1. The summed E-state index contributed by atoms with van der Waals surface area (Å²) < 4.78 is 12.2. The van der Waals surface area contributed by atoms with E-state index in [9.17, 15) is 9.59 Å². The van der Waals surface area contributed by atoms with Crippen LogP contribution < -0.4 is 21.0 Å². The van der Waals surface area contributed by atoms with Crippen LogP contribution in [0.1, 0.15) is 0 Å². The summed E-state index contributed by atoms with van der Waals surface area (Å²) in [6.07, 6.45) is 1.62. The number of carbonyl (C=O) groups excluding carboxylic acids is 1. The van der Waals surface area contributed by atoms with E-state index in [0.29, 0.717) is 54.2 Å². The number of likely N-dealkylation sites (N-methyl/N-ethyl adjacent to an activating group) is 1. The van der Waals surface area contributed by atoms with Crippen LogP contribution in [0.25, 0.3) is 21.4 Å². The third-order valence-corrected chi connectivity index (χ3v) is 6.76. The lowest BCUT2D eigenvalue weighted by Crippen LogP contribution is -2.36. The van der Waals surface area contributed by atoms with Crippen molar-refractivity contribution in [2.75, 3.05) is 62.5 Å². The average molecular weight is 507 g/mol. The second-order valence-electron chi connectivity index (χ2n) is 8.47. The number of morpholine rings is 1.